The van der Waals surface area contributed by atoms with Gasteiger partial charge in [-0.2, -0.15) is 0 Å². The lowest BCUT2D eigenvalue weighted by molar-refractivity contribution is -0.145. The zero-order chi connectivity index (χ0) is 13.2. The summed E-state index contributed by atoms with van der Waals surface area (Å²) in [6.45, 7) is 3.97. The normalized spacial score (nSPS) is 28.4. The fraction of sp³-hybridized carbons (Fsp3) is 0.833. The summed E-state index contributed by atoms with van der Waals surface area (Å²) in [5.74, 6) is -2.10. The topological polar surface area (TPSA) is 101 Å². The fourth-order valence-corrected chi connectivity index (χ4v) is 2.52. The molecule has 1 saturated carbocycles. The number of aliphatic hydroxyl groups excluding tert-OH is 1. The molecule has 1 aliphatic rings. The van der Waals surface area contributed by atoms with Crippen LogP contribution in [0.2, 0.25) is 0 Å². The lowest BCUT2D eigenvalue weighted by Crippen LogP contribution is -2.43. The summed E-state index contributed by atoms with van der Waals surface area (Å²) in [6, 6.07) is -0.465. The summed E-state index contributed by atoms with van der Waals surface area (Å²) in [4.78, 5) is 22.3. The van der Waals surface area contributed by atoms with Crippen molar-refractivity contribution in [3.8, 4) is 0 Å². The second-order valence-electron chi connectivity index (χ2n) is 5.34. The second kappa shape index (κ2) is 5.60. The summed E-state index contributed by atoms with van der Waals surface area (Å²) in [5.41, 5.74) is 5.85. The van der Waals surface area contributed by atoms with E-state index in [4.69, 9.17) is 10.8 Å². The highest BCUT2D eigenvalue weighted by Crippen LogP contribution is 2.33. The van der Waals surface area contributed by atoms with Crippen LogP contribution >= 0.6 is 0 Å². The van der Waals surface area contributed by atoms with Crippen LogP contribution in [0.5, 0.6) is 0 Å². The zero-order valence-corrected chi connectivity index (χ0v) is 10.3. The number of carboxylic acids is 1. The van der Waals surface area contributed by atoms with Gasteiger partial charge in [-0.25, -0.2) is 0 Å². The average Bonchev–Trinajstić information content (AvgIpc) is 2.58. The van der Waals surface area contributed by atoms with Gasteiger partial charge < -0.3 is 15.9 Å². The van der Waals surface area contributed by atoms with Gasteiger partial charge in [-0.15, -0.1) is 0 Å². The molecule has 0 spiro atoms. The Morgan fingerprint density at radius 2 is 2.06 bits per heavy atom. The first-order valence-corrected chi connectivity index (χ1v) is 6.01. The minimum absolute atomic E-state index is 0.0193. The van der Waals surface area contributed by atoms with E-state index >= 15 is 0 Å². The van der Waals surface area contributed by atoms with Crippen LogP contribution in [0.3, 0.4) is 0 Å². The summed E-state index contributed by atoms with van der Waals surface area (Å²) in [6.07, 6.45) is -0.141. The van der Waals surface area contributed by atoms with E-state index in [2.05, 4.69) is 0 Å². The molecule has 0 aromatic carbocycles. The SMILES string of the molecule is CC(C)C[C@H](N)[C@@H](O)[C@@H]1CC(=O)C[C@H]1C(=O)O. The number of aliphatic carboxylic acids is 1. The maximum atomic E-state index is 11.3. The fourth-order valence-electron chi connectivity index (χ4n) is 2.52. The van der Waals surface area contributed by atoms with Crippen molar-refractivity contribution >= 4 is 11.8 Å². The maximum absolute atomic E-state index is 11.3. The summed E-state index contributed by atoms with van der Waals surface area (Å²) >= 11 is 0. The number of carbonyl (C=O) groups is 2. The molecule has 0 amide bonds. The van der Waals surface area contributed by atoms with Crippen LogP contribution < -0.4 is 5.73 Å². The Morgan fingerprint density at radius 1 is 1.47 bits per heavy atom. The van der Waals surface area contributed by atoms with Crippen molar-refractivity contribution in [3.63, 3.8) is 0 Å². The molecule has 5 nitrogen and oxygen atoms in total. The van der Waals surface area contributed by atoms with E-state index in [0.717, 1.165) is 0 Å². The number of aliphatic hydroxyl groups is 1. The highest BCUT2D eigenvalue weighted by Gasteiger charge is 2.43. The zero-order valence-electron chi connectivity index (χ0n) is 10.3. The van der Waals surface area contributed by atoms with Crippen molar-refractivity contribution in [2.75, 3.05) is 0 Å². The van der Waals surface area contributed by atoms with Gasteiger partial charge in [-0.05, 0) is 12.3 Å². The number of nitrogens with two attached hydrogens (primary N) is 1. The summed E-state index contributed by atoms with van der Waals surface area (Å²) in [7, 11) is 0. The minimum atomic E-state index is -1.02. The monoisotopic (exact) mass is 243 g/mol. The smallest absolute Gasteiger partial charge is 0.307 e. The lowest BCUT2D eigenvalue weighted by atomic mass is 9.85. The standard InChI is InChI=1S/C12H21NO4/c1-6(2)3-10(13)11(15)8-4-7(14)5-9(8)12(16)17/h6,8-11,15H,3-5,13H2,1-2H3,(H,16,17)/t8-,9-,10+,11+/m1/s1. The highest BCUT2D eigenvalue weighted by molar-refractivity contribution is 5.88. The molecular formula is C12H21NO4. The first-order chi connectivity index (χ1) is 7.82. The van der Waals surface area contributed by atoms with Gasteiger partial charge in [0.1, 0.15) is 5.78 Å². The van der Waals surface area contributed by atoms with Crippen molar-refractivity contribution in [1.29, 1.82) is 0 Å². The van der Waals surface area contributed by atoms with Crippen molar-refractivity contribution in [3.05, 3.63) is 0 Å². The van der Waals surface area contributed by atoms with Crippen molar-refractivity contribution in [1.82, 2.24) is 0 Å². The first-order valence-electron chi connectivity index (χ1n) is 6.01. The third-order valence-electron chi connectivity index (χ3n) is 3.37. The van der Waals surface area contributed by atoms with E-state index in [-0.39, 0.29) is 18.6 Å². The number of rotatable bonds is 5. The van der Waals surface area contributed by atoms with Gasteiger partial charge in [0.2, 0.25) is 0 Å². The molecule has 1 fully saturated rings. The number of ketones is 1. The number of Topliss-reactive ketones (excluding diaryl/α,β-unsaturated/α-hetero) is 1. The third-order valence-corrected chi connectivity index (χ3v) is 3.37. The molecule has 0 saturated heterocycles. The predicted molar refractivity (Wildman–Crippen MR) is 62.3 cm³/mol. The lowest BCUT2D eigenvalue weighted by Gasteiger charge is -2.27. The van der Waals surface area contributed by atoms with Gasteiger partial charge in [0.05, 0.1) is 12.0 Å². The van der Waals surface area contributed by atoms with Crippen molar-refractivity contribution in [2.45, 2.75) is 45.3 Å². The summed E-state index contributed by atoms with van der Waals surface area (Å²) in [5, 5.41) is 19.1. The van der Waals surface area contributed by atoms with E-state index < -0.39 is 30.0 Å². The first kappa shape index (κ1) is 14.1. The molecular weight excluding hydrogens is 222 g/mol. The third kappa shape index (κ3) is 3.51. The minimum Gasteiger partial charge on any atom is -0.481 e. The van der Waals surface area contributed by atoms with Crippen LogP contribution in [0.1, 0.15) is 33.1 Å². The molecule has 1 aliphatic carbocycles. The molecule has 0 bridgehead atoms. The van der Waals surface area contributed by atoms with Crippen LogP contribution in [-0.4, -0.2) is 34.1 Å². The Balaban J connectivity index is 2.69. The Labute approximate surface area is 101 Å². The molecule has 0 aliphatic heterocycles. The molecule has 0 heterocycles. The van der Waals surface area contributed by atoms with Crippen molar-refractivity contribution < 1.29 is 19.8 Å². The molecule has 4 N–H and O–H groups in total. The molecule has 4 atom stereocenters. The van der Waals surface area contributed by atoms with E-state index in [1.54, 1.807) is 0 Å². The molecule has 0 aromatic rings. The average molecular weight is 243 g/mol. The quantitative estimate of drug-likeness (QED) is 0.649. The van der Waals surface area contributed by atoms with Crippen LogP contribution in [0.4, 0.5) is 0 Å². The van der Waals surface area contributed by atoms with Crippen LogP contribution in [0.25, 0.3) is 0 Å². The van der Waals surface area contributed by atoms with Gasteiger partial charge in [0.15, 0.2) is 0 Å². The molecule has 5 heteroatoms. The Bertz CT molecular complexity index is 303. The van der Waals surface area contributed by atoms with Crippen LogP contribution in [0.15, 0.2) is 0 Å². The Morgan fingerprint density at radius 3 is 2.53 bits per heavy atom. The van der Waals surface area contributed by atoms with Gasteiger partial charge in [-0.3, -0.25) is 9.59 Å². The number of hydrogen-bond donors (Lipinski definition) is 3. The van der Waals surface area contributed by atoms with Gasteiger partial charge in [-0.1, -0.05) is 13.8 Å². The van der Waals surface area contributed by atoms with Crippen molar-refractivity contribution in [2.24, 2.45) is 23.5 Å². The molecule has 0 unspecified atom stereocenters. The number of carbonyl (C=O) groups excluding carboxylic acids is 1. The second-order valence-corrected chi connectivity index (χ2v) is 5.34. The van der Waals surface area contributed by atoms with Gasteiger partial charge >= 0.3 is 5.97 Å². The largest absolute Gasteiger partial charge is 0.481 e. The molecule has 0 radical (unpaired) electrons. The summed E-state index contributed by atoms with van der Waals surface area (Å²) < 4.78 is 0. The molecule has 0 aromatic heterocycles. The number of hydrogen-bond acceptors (Lipinski definition) is 4. The maximum Gasteiger partial charge on any atom is 0.307 e. The molecule has 1 rings (SSSR count). The predicted octanol–water partition coefficient (Wildman–Crippen LogP) is 0.401. The Kier molecular flexibility index (Phi) is 4.65. The molecule has 98 valence electrons. The molecule has 17 heavy (non-hydrogen) atoms. The number of carboxylic acid groups (broad SMARTS) is 1. The highest BCUT2D eigenvalue weighted by atomic mass is 16.4. The van der Waals surface area contributed by atoms with Crippen LogP contribution in [0, 0.1) is 17.8 Å². The van der Waals surface area contributed by atoms with Crippen LogP contribution in [-0.2, 0) is 9.59 Å². The van der Waals surface area contributed by atoms with E-state index in [0.29, 0.717) is 12.3 Å². The Hall–Kier alpha value is -0.940. The van der Waals surface area contributed by atoms with E-state index in [1.807, 2.05) is 13.8 Å². The van der Waals surface area contributed by atoms with E-state index in [1.165, 1.54) is 0 Å². The van der Waals surface area contributed by atoms with E-state index in [9.17, 15) is 14.7 Å². The van der Waals surface area contributed by atoms with Gasteiger partial charge in [0.25, 0.3) is 0 Å². The van der Waals surface area contributed by atoms with Gasteiger partial charge in [0, 0.05) is 24.8 Å².